The molecule has 0 radical (unpaired) electrons. The molecule has 2 heterocycles. The molecule has 0 saturated heterocycles. The third-order valence-corrected chi connectivity index (χ3v) is 6.53. The fourth-order valence-corrected chi connectivity index (χ4v) is 4.48. The van der Waals surface area contributed by atoms with Crippen molar-refractivity contribution < 1.29 is 18.7 Å². The molecule has 1 saturated carbocycles. The van der Waals surface area contributed by atoms with Crippen LogP contribution in [0.2, 0.25) is 0 Å². The second-order valence-electron chi connectivity index (χ2n) is 8.80. The Hall–Kier alpha value is -2.30. The average molecular weight is 383 g/mol. The van der Waals surface area contributed by atoms with Crippen LogP contribution in [-0.4, -0.2) is 23.3 Å². The molecule has 2 aliphatic rings. The lowest BCUT2D eigenvalue weighted by atomic mass is 9.87. The maximum atomic E-state index is 12.9. The Morgan fingerprint density at radius 2 is 1.96 bits per heavy atom. The molecule has 0 spiro atoms. The molecule has 0 bridgehead atoms. The van der Waals surface area contributed by atoms with Crippen LogP contribution in [0.1, 0.15) is 85.8 Å². The first-order chi connectivity index (χ1) is 13.3. The maximum Gasteiger partial charge on any atom is 0.287 e. The predicted molar refractivity (Wildman–Crippen MR) is 108 cm³/mol. The smallest absolute Gasteiger partial charge is 0.287 e. The highest BCUT2D eigenvalue weighted by atomic mass is 16.5. The van der Waals surface area contributed by atoms with Crippen molar-refractivity contribution in [2.45, 2.75) is 77.9 Å². The molecule has 1 aliphatic carbocycles. The zero-order valence-corrected chi connectivity index (χ0v) is 17.2. The van der Waals surface area contributed by atoms with E-state index in [-0.39, 0.29) is 17.7 Å². The van der Waals surface area contributed by atoms with E-state index in [4.69, 9.17) is 9.15 Å². The van der Waals surface area contributed by atoms with Crippen molar-refractivity contribution in [1.29, 1.82) is 0 Å². The molecule has 0 unspecified atom stereocenters. The van der Waals surface area contributed by atoms with Gasteiger partial charge in [0, 0.05) is 17.0 Å². The Kier molecular flexibility index (Phi) is 4.72. The molecule has 5 nitrogen and oxygen atoms in total. The van der Waals surface area contributed by atoms with E-state index in [2.05, 4.69) is 12.2 Å². The SMILES string of the molecule is CC[C@@]1(C)CC(=O)c2c(ccc3oc(C(=O)NC4CCC(C)CC4)c(C)c23)O1. The van der Waals surface area contributed by atoms with Crippen molar-refractivity contribution in [3.8, 4) is 5.75 Å². The van der Waals surface area contributed by atoms with Crippen molar-refractivity contribution in [3.63, 3.8) is 0 Å². The lowest BCUT2D eigenvalue weighted by Gasteiger charge is -2.34. The van der Waals surface area contributed by atoms with Gasteiger partial charge in [0.25, 0.3) is 5.91 Å². The van der Waals surface area contributed by atoms with Crippen LogP contribution in [-0.2, 0) is 0 Å². The van der Waals surface area contributed by atoms with Gasteiger partial charge in [0.15, 0.2) is 11.5 Å². The molecule has 5 heteroatoms. The van der Waals surface area contributed by atoms with Gasteiger partial charge in [0.1, 0.15) is 16.9 Å². The van der Waals surface area contributed by atoms with E-state index in [1.165, 1.54) is 0 Å². The van der Waals surface area contributed by atoms with Crippen LogP contribution in [0.25, 0.3) is 11.0 Å². The first kappa shape index (κ1) is 19.0. The Balaban J connectivity index is 1.67. The summed E-state index contributed by atoms with van der Waals surface area (Å²) in [6.07, 6.45) is 5.38. The van der Waals surface area contributed by atoms with Crippen molar-refractivity contribution in [2.24, 2.45) is 5.92 Å². The minimum atomic E-state index is -0.478. The monoisotopic (exact) mass is 383 g/mol. The van der Waals surface area contributed by atoms with Crippen LogP contribution < -0.4 is 10.1 Å². The number of carbonyl (C=O) groups is 2. The topological polar surface area (TPSA) is 68.5 Å². The van der Waals surface area contributed by atoms with Crippen LogP contribution in [0.5, 0.6) is 5.75 Å². The van der Waals surface area contributed by atoms with Crippen LogP contribution in [0, 0.1) is 12.8 Å². The highest BCUT2D eigenvalue weighted by Crippen LogP contribution is 2.41. The minimum absolute atomic E-state index is 0.0494. The summed E-state index contributed by atoms with van der Waals surface area (Å²) in [4.78, 5) is 25.8. The quantitative estimate of drug-likeness (QED) is 0.792. The van der Waals surface area contributed by atoms with Crippen LogP contribution in [0.3, 0.4) is 0 Å². The summed E-state index contributed by atoms with van der Waals surface area (Å²) in [5.41, 5.74) is 1.35. The summed E-state index contributed by atoms with van der Waals surface area (Å²) >= 11 is 0. The van der Waals surface area contributed by atoms with Gasteiger partial charge in [-0.25, -0.2) is 0 Å². The number of ketones is 1. The number of amides is 1. The first-order valence-corrected chi connectivity index (χ1v) is 10.4. The van der Waals surface area contributed by atoms with Gasteiger partial charge in [0.2, 0.25) is 0 Å². The normalized spacial score (nSPS) is 27.4. The van der Waals surface area contributed by atoms with E-state index in [1.807, 2.05) is 20.8 Å². The highest BCUT2D eigenvalue weighted by Gasteiger charge is 2.37. The van der Waals surface area contributed by atoms with E-state index in [1.54, 1.807) is 12.1 Å². The maximum absolute atomic E-state index is 12.9. The van der Waals surface area contributed by atoms with Crippen LogP contribution in [0.15, 0.2) is 16.5 Å². The van der Waals surface area contributed by atoms with Gasteiger partial charge in [-0.1, -0.05) is 13.8 Å². The summed E-state index contributed by atoms with van der Waals surface area (Å²) in [7, 11) is 0. The van der Waals surface area contributed by atoms with Gasteiger partial charge in [-0.2, -0.15) is 0 Å². The van der Waals surface area contributed by atoms with Gasteiger partial charge in [-0.3, -0.25) is 9.59 Å². The van der Waals surface area contributed by atoms with Crippen molar-refractivity contribution in [3.05, 3.63) is 29.0 Å². The largest absolute Gasteiger partial charge is 0.486 e. The lowest BCUT2D eigenvalue weighted by Crippen LogP contribution is -2.38. The average Bonchev–Trinajstić information content (AvgIpc) is 3.00. The number of nitrogens with one attached hydrogen (secondary N) is 1. The second-order valence-corrected chi connectivity index (χ2v) is 8.80. The third-order valence-electron chi connectivity index (χ3n) is 6.53. The van der Waals surface area contributed by atoms with E-state index >= 15 is 0 Å². The Bertz CT molecular complexity index is 936. The third kappa shape index (κ3) is 3.21. The van der Waals surface area contributed by atoms with Gasteiger partial charge in [-0.05, 0) is 64.0 Å². The number of aryl methyl sites for hydroxylation is 1. The van der Waals surface area contributed by atoms with Gasteiger partial charge in [0.05, 0.1) is 12.0 Å². The number of hydrogen-bond acceptors (Lipinski definition) is 4. The molecule has 150 valence electrons. The van der Waals surface area contributed by atoms with Crippen molar-refractivity contribution in [1.82, 2.24) is 5.32 Å². The van der Waals surface area contributed by atoms with Crippen molar-refractivity contribution in [2.75, 3.05) is 0 Å². The van der Waals surface area contributed by atoms with Crippen LogP contribution in [0.4, 0.5) is 0 Å². The fraction of sp³-hybridized carbons (Fsp3) is 0.565. The molecule has 1 atom stereocenters. The molecule has 1 aromatic carbocycles. The minimum Gasteiger partial charge on any atom is -0.486 e. The zero-order valence-electron chi connectivity index (χ0n) is 17.2. The molecular weight excluding hydrogens is 354 g/mol. The number of rotatable bonds is 3. The Morgan fingerprint density at radius 3 is 2.64 bits per heavy atom. The molecule has 1 amide bonds. The number of furan rings is 1. The van der Waals surface area contributed by atoms with Crippen molar-refractivity contribution >= 4 is 22.7 Å². The number of ether oxygens (including phenoxy) is 1. The number of fused-ring (bicyclic) bond motifs is 3. The second kappa shape index (κ2) is 6.94. The highest BCUT2D eigenvalue weighted by molar-refractivity contribution is 6.13. The summed E-state index contributed by atoms with van der Waals surface area (Å²) in [5, 5.41) is 3.83. The predicted octanol–water partition coefficient (Wildman–Crippen LogP) is 5.18. The zero-order chi connectivity index (χ0) is 20.1. The number of benzene rings is 1. The standard InChI is InChI=1S/C23H29NO4/c1-5-23(4)12-16(25)20-18(28-23)11-10-17-19(20)14(3)21(27-17)22(26)24-15-8-6-13(2)7-9-15/h10-11,13,15H,5-9,12H2,1-4H3,(H,24,26)/t13?,15?,23-/m0/s1. The fourth-order valence-electron chi connectivity index (χ4n) is 4.48. The summed E-state index contributed by atoms with van der Waals surface area (Å²) < 4.78 is 12.0. The van der Waals surface area contributed by atoms with E-state index in [9.17, 15) is 9.59 Å². The molecule has 1 fully saturated rings. The molecular formula is C23H29NO4. The van der Waals surface area contributed by atoms with Gasteiger partial charge < -0.3 is 14.5 Å². The summed E-state index contributed by atoms with van der Waals surface area (Å²) in [6, 6.07) is 3.78. The Labute approximate surface area is 165 Å². The molecule has 1 aromatic heterocycles. The first-order valence-electron chi connectivity index (χ1n) is 10.4. The molecule has 1 aliphatic heterocycles. The Morgan fingerprint density at radius 1 is 1.25 bits per heavy atom. The van der Waals surface area contributed by atoms with Gasteiger partial charge in [-0.15, -0.1) is 0 Å². The van der Waals surface area contributed by atoms with Gasteiger partial charge >= 0.3 is 0 Å². The number of hydrogen-bond donors (Lipinski definition) is 1. The van der Waals surface area contributed by atoms with Crippen LogP contribution >= 0.6 is 0 Å². The molecule has 2 aromatic rings. The number of Topliss-reactive ketones (excluding diaryl/α,β-unsaturated/α-hetero) is 1. The molecule has 4 rings (SSSR count). The lowest BCUT2D eigenvalue weighted by molar-refractivity contribution is 0.0503. The van der Waals surface area contributed by atoms with E-state index in [0.29, 0.717) is 40.0 Å². The molecule has 1 N–H and O–H groups in total. The van der Waals surface area contributed by atoms with E-state index < -0.39 is 5.60 Å². The summed E-state index contributed by atoms with van der Waals surface area (Å²) in [5.74, 6) is 1.48. The van der Waals surface area contributed by atoms with E-state index in [0.717, 1.165) is 38.0 Å². The summed E-state index contributed by atoms with van der Waals surface area (Å²) in [6.45, 7) is 8.09. The number of carbonyl (C=O) groups excluding carboxylic acids is 2. The molecule has 28 heavy (non-hydrogen) atoms.